The third-order valence-electron chi connectivity index (χ3n) is 1.22. The fraction of sp³-hybridized carbons (Fsp3) is 0.600. The predicted molar refractivity (Wildman–Crippen MR) is 34.0 cm³/mol. The lowest BCUT2D eigenvalue weighted by Gasteiger charge is -1.95. The first-order valence-corrected chi connectivity index (χ1v) is 2.97. The van der Waals surface area contributed by atoms with Gasteiger partial charge in [0.05, 0.1) is 0 Å². The van der Waals surface area contributed by atoms with Crippen LogP contribution in [0.3, 0.4) is 0 Å². The Bertz CT molecular complexity index is 211. The van der Waals surface area contributed by atoms with Crippen molar-refractivity contribution in [2.75, 3.05) is 5.73 Å². The number of nitrogen functional groups attached to an aromatic ring is 1. The Morgan fingerprint density at radius 2 is 2.30 bits per heavy atom. The Labute approximate surface area is 58.0 Å². The zero-order valence-corrected chi connectivity index (χ0v) is 5.87. The van der Waals surface area contributed by atoms with Crippen LogP contribution in [0.15, 0.2) is 4.52 Å². The van der Waals surface area contributed by atoms with Gasteiger partial charge < -0.3 is 10.9 Å². The highest BCUT2D eigenvalue weighted by molar-refractivity contribution is 5.27. The van der Waals surface area contributed by atoms with Crippen molar-refractivity contribution in [2.24, 2.45) is 0 Å². The summed E-state index contributed by atoms with van der Waals surface area (Å²) < 4.78 is 4.43. The van der Waals surface area contributed by atoms with Gasteiger partial charge in [0, 0.05) is 5.92 Å². The van der Waals surface area contributed by atoms with Crippen molar-refractivity contribution in [3.63, 3.8) is 0 Å². The number of nitrogens with two attached hydrogens (primary N) is 1. The first-order chi connectivity index (χ1) is 4.63. The Kier molecular flexibility index (Phi) is 1.48. The molecule has 1 heterocycles. The van der Waals surface area contributed by atoms with E-state index in [9.17, 15) is 5.21 Å². The number of aromatic nitrogens is 2. The molecule has 0 aromatic carbocycles. The maximum Gasteiger partial charge on any atom is 0.298 e. The number of anilines is 1. The van der Waals surface area contributed by atoms with Crippen LogP contribution in [-0.4, -0.2) is 5.27 Å². The summed E-state index contributed by atoms with van der Waals surface area (Å²) in [5.74, 6) is 0.147. The average molecular weight is 143 g/mol. The van der Waals surface area contributed by atoms with Gasteiger partial charge in [0.1, 0.15) is 0 Å². The van der Waals surface area contributed by atoms with Crippen molar-refractivity contribution >= 4 is 5.88 Å². The molecule has 1 rings (SSSR count). The van der Waals surface area contributed by atoms with Gasteiger partial charge in [-0.25, -0.2) is 0 Å². The molecule has 0 saturated heterocycles. The zero-order chi connectivity index (χ0) is 7.72. The van der Waals surface area contributed by atoms with Crippen molar-refractivity contribution in [1.82, 2.24) is 5.27 Å². The molecular formula is C5H9N3O2. The van der Waals surface area contributed by atoms with Crippen LogP contribution < -0.4 is 10.6 Å². The molecule has 10 heavy (non-hydrogen) atoms. The molecule has 0 unspecified atom stereocenters. The molecule has 1 aromatic heterocycles. The van der Waals surface area contributed by atoms with Gasteiger partial charge in [0.25, 0.3) is 11.6 Å². The minimum absolute atomic E-state index is 0.0451. The number of hydrogen-bond acceptors (Lipinski definition) is 4. The largest absolute Gasteiger partial charge is 0.592 e. The fourth-order valence-corrected chi connectivity index (χ4v) is 0.771. The standard InChI is InChI=1S/C5H9N3O2/c1-3(2)4-5(6)10-7-8(4)9/h3H,6H2,1-2H3. The minimum atomic E-state index is 0.0451. The number of hydrogen-bond donors (Lipinski definition) is 1. The van der Waals surface area contributed by atoms with E-state index in [1.54, 1.807) is 0 Å². The maximum absolute atomic E-state index is 10.7. The van der Waals surface area contributed by atoms with Crippen molar-refractivity contribution in [3.05, 3.63) is 10.9 Å². The topological polar surface area (TPSA) is 79.0 Å². The van der Waals surface area contributed by atoms with Crippen LogP contribution >= 0.6 is 0 Å². The molecule has 5 nitrogen and oxygen atoms in total. The van der Waals surface area contributed by atoms with E-state index >= 15 is 0 Å². The molecule has 1 aromatic rings. The second-order valence-electron chi connectivity index (χ2n) is 2.35. The summed E-state index contributed by atoms with van der Waals surface area (Å²) in [6.07, 6.45) is 0. The van der Waals surface area contributed by atoms with Gasteiger partial charge in [0.15, 0.2) is 0 Å². The van der Waals surface area contributed by atoms with Crippen LogP contribution in [0.4, 0.5) is 5.88 Å². The first-order valence-electron chi connectivity index (χ1n) is 2.97. The van der Waals surface area contributed by atoms with E-state index in [2.05, 4.69) is 9.79 Å². The van der Waals surface area contributed by atoms with Gasteiger partial charge in [0.2, 0.25) is 5.27 Å². The Morgan fingerprint density at radius 3 is 2.50 bits per heavy atom. The smallest absolute Gasteiger partial charge is 0.298 e. The van der Waals surface area contributed by atoms with Gasteiger partial charge in [-0.05, 0) is 4.85 Å². The normalized spacial score (nSPS) is 10.7. The lowest BCUT2D eigenvalue weighted by Crippen LogP contribution is -2.33. The van der Waals surface area contributed by atoms with Crippen LogP contribution in [0.5, 0.6) is 0 Å². The third-order valence-corrected chi connectivity index (χ3v) is 1.22. The van der Waals surface area contributed by atoms with Crippen LogP contribution in [0.2, 0.25) is 0 Å². The van der Waals surface area contributed by atoms with E-state index in [0.717, 1.165) is 0 Å². The second-order valence-corrected chi connectivity index (χ2v) is 2.35. The van der Waals surface area contributed by atoms with Crippen LogP contribution in [0.25, 0.3) is 0 Å². The van der Waals surface area contributed by atoms with E-state index in [1.807, 2.05) is 13.8 Å². The molecule has 0 aliphatic carbocycles. The lowest BCUT2D eigenvalue weighted by atomic mass is 10.1. The van der Waals surface area contributed by atoms with Crippen molar-refractivity contribution < 1.29 is 9.37 Å². The molecule has 0 atom stereocenters. The average Bonchev–Trinajstić information content (AvgIpc) is 2.11. The third kappa shape index (κ3) is 0.896. The summed E-state index contributed by atoms with van der Waals surface area (Å²) >= 11 is 0. The fourth-order valence-electron chi connectivity index (χ4n) is 0.771. The van der Waals surface area contributed by atoms with E-state index in [1.165, 1.54) is 0 Å². The van der Waals surface area contributed by atoms with Gasteiger partial charge in [-0.2, -0.15) is 0 Å². The summed E-state index contributed by atoms with van der Waals surface area (Å²) in [7, 11) is 0. The second kappa shape index (κ2) is 2.17. The van der Waals surface area contributed by atoms with Gasteiger partial charge >= 0.3 is 0 Å². The Morgan fingerprint density at radius 1 is 1.70 bits per heavy atom. The molecule has 0 amide bonds. The van der Waals surface area contributed by atoms with Gasteiger partial charge in [-0.3, -0.25) is 4.52 Å². The van der Waals surface area contributed by atoms with Crippen LogP contribution in [0.1, 0.15) is 25.5 Å². The summed E-state index contributed by atoms with van der Waals surface area (Å²) in [5, 5.41) is 13.8. The molecule has 0 aliphatic heterocycles. The predicted octanol–water partition coefficient (Wildman–Crippen LogP) is 0.0136. The van der Waals surface area contributed by atoms with Crippen molar-refractivity contribution in [1.29, 1.82) is 0 Å². The summed E-state index contributed by atoms with van der Waals surface area (Å²) in [6, 6.07) is 0. The molecule has 2 N–H and O–H groups in total. The summed E-state index contributed by atoms with van der Waals surface area (Å²) in [5.41, 5.74) is 5.68. The molecule has 0 spiro atoms. The van der Waals surface area contributed by atoms with Gasteiger partial charge in [-0.15, -0.1) is 0 Å². The molecule has 56 valence electrons. The van der Waals surface area contributed by atoms with E-state index in [0.29, 0.717) is 10.5 Å². The number of rotatable bonds is 1. The van der Waals surface area contributed by atoms with Crippen LogP contribution in [0, 0.1) is 5.21 Å². The number of nitrogens with zero attached hydrogens (tertiary/aromatic N) is 2. The zero-order valence-electron chi connectivity index (χ0n) is 5.87. The highest BCUT2D eigenvalue weighted by Gasteiger charge is 2.20. The van der Waals surface area contributed by atoms with E-state index < -0.39 is 0 Å². The van der Waals surface area contributed by atoms with Gasteiger partial charge in [-0.1, -0.05) is 13.8 Å². The molecule has 0 radical (unpaired) electrons. The first kappa shape index (κ1) is 6.85. The summed E-state index contributed by atoms with van der Waals surface area (Å²) in [6.45, 7) is 3.69. The Balaban J connectivity index is 3.10. The lowest BCUT2D eigenvalue weighted by molar-refractivity contribution is -0.687. The quantitative estimate of drug-likeness (QED) is 0.443. The maximum atomic E-state index is 10.7. The van der Waals surface area contributed by atoms with E-state index in [4.69, 9.17) is 5.73 Å². The van der Waals surface area contributed by atoms with Crippen molar-refractivity contribution in [2.45, 2.75) is 19.8 Å². The molecule has 0 aliphatic rings. The molecule has 0 saturated carbocycles. The van der Waals surface area contributed by atoms with Crippen LogP contribution in [-0.2, 0) is 0 Å². The van der Waals surface area contributed by atoms with Crippen molar-refractivity contribution in [3.8, 4) is 0 Å². The SMILES string of the molecule is CC(C)c1c(N)on[n+]1[O-]. The van der Waals surface area contributed by atoms with E-state index in [-0.39, 0.29) is 11.8 Å². The Hall–Kier alpha value is -1.26. The molecular weight excluding hydrogens is 134 g/mol. The minimum Gasteiger partial charge on any atom is -0.592 e. The summed E-state index contributed by atoms with van der Waals surface area (Å²) in [4.78, 5) is 0.403. The molecule has 0 bridgehead atoms. The molecule has 0 fully saturated rings. The highest BCUT2D eigenvalue weighted by Crippen LogP contribution is 2.15. The highest BCUT2D eigenvalue weighted by atomic mass is 16.6. The molecule has 5 heteroatoms. The monoisotopic (exact) mass is 143 g/mol.